The number of aryl methyl sites for hydroxylation is 3. The van der Waals surface area contributed by atoms with Crippen molar-refractivity contribution >= 4 is 15.9 Å². The molecule has 1 aliphatic rings. The summed E-state index contributed by atoms with van der Waals surface area (Å²) in [5, 5.41) is 0. The van der Waals surface area contributed by atoms with Crippen LogP contribution in [0.3, 0.4) is 0 Å². The lowest BCUT2D eigenvalue weighted by molar-refractivity contribution is 0.0978. The SMILES string of the molecule is COc1ncccc1S(=O)(=O)NC(=O)c1cc2c(nc1Oc1ccc(C)cc1C)C(C)(C)CCC2. The number of nitrogens with zero attached hydrogens (tertiary/aromatic N) is 2. The summed E-state index contributed by atoms with van der Waals surface area (Å²) >= 11 is 0. The molecule has 8 nitrogen and oxygen atoms in total. The predicted molar refractivity (Wildman–Crippen MR) is 132 cm³/mol. The first kappa shape index (κ1) is 24.7. The van der Waals surface area contributed by atoms with Crippen LogP contribution in [0.25, 0.3) is 0 Å². The first-order chi connectivity index (χ1) is 16.5. The zero-order chi connectivity index (χ0) is 25.4. The molecule has 9 heteroatoms. The number of carbonyl (C=O) groups excluding carboxylic acids is 1. The van der Waals surface area contributed by atoms with Crippen molar-refractivity contribution in [3.8, 4) is 17.5 Å². The van der Waals surface area contributed by atoms with Gasteiger partial charge in [-0.2, -0.15) is 0 Å². The van der Waals surface area contributed by atoms with Crippen molar-refractivity contribution in [1.82, 2.24) is 14.7 Å². The van der Waals surface area contributed by atoms with E-state index < -0.39 is 15.9 Å². The van der Waals surface area contributed by atoms with Crippen LogP contribution >= 0.6 is 0 Å². The van der Waals surface area contributed by atoms with Crippen LogP contribution in [0.1, 0.15) is 59.4 Å². The Morgan fingerprint density at radius 2 is 1.89 bits per heavy atom. The van der Waals surface area contributed by atoms with Gasteiger partial charge in [0.25, 0.3) is 15.9 Å². The summed E-state index contributed by atoms with van der Waals surface area (Å²) in [7, 11) is -2.95. The van der Waals surface area contributed by atoms with Crippen LogP contribution in [0.2, 0.25) is 0 Å². The standard InChI is InChI=1S/C26H29N3O5S/c1-16-10-11-20(17(2)14-16)34-24-19(15-18-8-6-12-26(3,4)22(18)28-24)23(30)29-35(31,32)21-9-7-13-27-25(21)33-5/h7,9-11,13-15H,6,8,12H2,1-5H3,(H,29,30). The summed E-state index contributed by atoms with van der Waals surface area (Å²) in [6.45, 7) is 8.10. The van der Waals surface area contributed by atoms with E-state index in [0.717, 1.165) is 41.6 Å². The number of fused-ring (bicyclic) bond motifs is 1. The first-order valence-corrected chi connectivity index (χ1v) is 12.9. The van der Waals surface area contributed by atoms with E-state index in [0.29, 0.717) is 5.75 Å². The average Bonchev–Trinajstić information content (AvgIpc) is 2.80. The van der Waals surface area contributed by atoms with Crippen LogP contribution in [0.15, 0.2) is 47.5 Å². The fourth-order valence-electron chi connectivity index (χ4n) is 4.38. The molecule has 0 spiro atoms. The molecule has 0 bridgehead atoms. The minimum atomic E-state index is -4.27. The largest absolute Gasteiger partial charge is 0.480 e. The second-order valence-corrected chi connectivity index (χ2v) is 11.1. The number of ether oxygens (including phenoxy) is 2. The van der Waals surface area contributed by atoms with E-state index in [2.05, 4.69) is 23.6 Å². The van der Waals surface area contributed by atoms with Crippen molar-refractivity contribution in [3.05, 3.63) is 70.5 Å². The minimum Gasteiger partial charge on any atom is -0.480 e. The van der Waals surface area contributed by atoms with Crippen LogP contribution in [0.4, 0.5) is 0 Å². The molecule has 0 atom stereocenters. The molecule has 1 aliphatic carbocycles. The number of hydrogen-bond acceptors (Lipinski definition) is 7. The van der Waals surface area contributed by atoms with Gasteiger partial charge in [0, 0.05) is 11.6 Å². The van der Waals surface area contributed by atoms with Crippen molar-refractivity contribution < 1.29 is 22.7 Å². The monoisotopic (exact) mass is 495 g/mol. The maximum absolute atomic E-state index is 13.4. The summed E-state index contributed by atoms with van der Waals surface area (Å²) in [5.41, 5.74) is 3.57. The maximum Gasteiger partial charge on any atom is 0.270 e. The van der Waals surface area contributed by atoms with Gasteiger partial charge in [-0.25, -0.2) is 23.1 Å². The lowest BCUT2D eigenvalue weighted by Crippen LogP contribution is -2.32. The van der Waals surface area contributed by atoms with Crippen LogP contribution in [0, 0.1) is 13.8 Å². The molecule has 0 fully saturated rings. The van der Waals surface area contributed by atoms with Gasteiger partial charge in [0.2, 0.25) is 11.8 Å². The number of hydrogen-bond donors (Lipinski definition) is 1. The number of methoxy groups -OCH3 is 1. The molecule has 184 valence electrons. The van der Waals surface area contributed by atoms with Gasteiger partial charge < -0.3 is 9.47 Å². The highest BCUT2D eigenvalue weighted by molar-refractivity contribution is 7.90. The van der Waals surface area contributed by atoms with Crippen molar-refractivity contribution in [1.29, 1.82) is 0 Å². The Kier molecular flexibility index (Phi) is 6.55. The third kappa shape index (κ3) is 5.00. The third-order valence-corrected chi connectivity index (χ3v) is 7.53. The number of carbonyl (C=O) groups is 1. The molecule has 0 unspecified atom stereocenters. The number of benzene rings is 1. The number of pyridine rings is 2. The Labute approximate surface area is 205 Å². The fraction of sp³-hybridized carbons (Fsp3) is 0.346. The molecule has 1 aromatic carbocycles. The molecule has 35 heavy (non-hydrogen) atoms. The molecule has 3 aromatic rings. The number of rotatable bonds is 6. The van der Waals surface area contributed by atoms with E-state index in [1.807, 2.05) is 32.0 Å². The minimum absolute atomic E-state index is 0.0489. The van der Waals surface area contributed by atoms with E-state index in [1.165, 1.54) is 25.4 Å². The van der Waals surface area contributed by atoms with Gasteiger partial charge in [-0.1, -0.05) is 31.5 Å². The Morgan fingerprint density at radius 3 is 2.60 bits per heavy atom. The Morgan fingerprint density at radius 1 is 1.11 bits per heavy atom. The summed E-state index contributed by atoms with van der Waals surface area (Å²) in [6, 6.07) is 10.2. The van der Waals surface area contributed by atoms with Crippen molar-refractivity contribution in [2.45, 2.75) is 57.3 Å². The second-order valence-electron chi connectivity index (χ2n) is 9.40. The van der Waals surface area contributed by atoms with Gasteiger partial charge in [0.1, 0.15) is 16.2 Å². The van der Waals surface area contributed by atoms with Crippen molar-refractivity contribution in [2.75, 3.05) is 7.11 Å². The summed E-state index contributed by atoms with van der Waals surface area (Å²) in [4.78, 5) is 21.8. The van der Waals surface area contributed by atoms with E-state index in [9.17, 15) is 13.2 Å². The van der Waals surface area contributed by atoms with Gasteiger partial charge in [0.15, 0.2) is 0 Å². The highest BCUT2D eigenvalue weighted by Gasteiger charge is 2.33. The molecule has 2 heterocycles. The first-order valence-electron chi connectivity index (χ1n) is 11.4. The lowest BCUT2D eigenvalue weighted by atomic mass is 9.75. The molecule has 1 amide bonds. The number of nitrogens with one attached hydrogen (secondary N) is 1. The van der Waals surface area contributed by atoms with Crippen LogP contribution in [-0.4, -0.2) is 31.4 Å². The van der Waals surface area contributed by atoms with Crippen LogP contribution in [0.5, 0.6) is 17.5 Å². The summed E-state index contributed by atoms with van der Waals surface area (Å²) < 4.78 is 39.4. The normalized spacial score (nSPS) is 14.7. The zero-order valence-corrected chi connectivity index (χ0v) is 21.3. The van der Waals surface area contributed by atoms with Gasteiger partial charge in [-0.05, 0) is 68.5 Å². The fourth-order valence-corrected chi connectivity index (χ4v) is 5.47. The summed E-state index contributed by atoms with van der Waals surface area (Å²) in [5.74, 6) is -0.335. The van der Waals surface area contributed by atoms with E-state index in [-0.39, 0.29) is 27.6 Å². The predicted octanol–water partition coefficient (Wildman–Crippen LogP) is 4.63. The van der Waals surface area contributed by atoms with Gasteiger partial charge in [-0.15, -0.1) is 0 Å². The van der Waals surface area contributed by atoms with Crippen LogP contribution in [-0.2, 0) is 21.9 Å². The lowest BCUT2D eigenvalue weighted by Gasteiger charge is -2.32. The number of amides is 1. The topological polar surface area (TPSA) is 107 Å². The average molecular weight is 496 g/mol. The Hall–Kier alpha value is -3.46. The highest BCUT2D eigenvalue weighted by atomic mass is 32.2. The summed E-state index contributed by atoms with van der Waals surface area (Å²) in [6.07, 6.45) is 4.06. The maximum atomic E-state index is 13.4. The molecule has 2 aromatic heterocycles. The quantitative estimate of drug-likeness (QED) is 0.531. The van der Waals surface area contributed by atoms with E-state index in [4.69, 9.17) is 14.5 Å². The van der Waals surface area contributed by atoms with Crippen molar-refractivity contribution in [3.63, 3.8) is 0 Å². The molecular formula is C26H29N3O5S. The molecule has 4 rings (SSSR count). The molecule has 0 radical (unpaired) electrons. The Balaban J connectivity index is 1.78. The van der Waals surface area contributed by atoms with Gasteiger partial charge in [-0.3, -0.25) is 4.79 Å². The molecular weight excluding hydrogens is 466 g/mol. The molecule has 0 saturated carbocycles. The van der Waals surface area contributed by atoms with Gasteiger partial charge in [0.05, 0.1) is 12.8 Å². The highest BCUT2D eigenvalue weighted by Crippen LogP contribution is 2.39. The van der Waals surface area contributed by atoms with E-state index in [1.54, 1.807) is 6.07 Å². The van der Waals surface area contributed by atoms with Crippen LogP contribution < -0.4 is 14.2 Å². The number of sulfonamides is 1. The number of aromatic nitrogens is 2. The van der Waals surface area contributed by atoms with Crippen molar-refractivity contribution in [2.24, 2.45) is 0 Å². The van der Waals surface area contributed by atoms with E-state index >= 15 is 0 Å². The molecule has 1 N–H and O–H groups in total. The molecule has 0 saturated heterocycles. The smallest absolute Gasteiger partial charge is 0.270 e. The van der Waals surface area contributed by atoms with Gasteiger partial charge >= 0.3 is 0 Å². The zero-order valence-electron chi connectivity index (χ0n) is 20.5. The molecule has 0 aliphatic heterocycles. The second kappa shape index (κ2) is 9.30. The third-order valence-electron chi connectivity index (χ3n) is 6.18. The Bertz CT molecular complexity index is 1400.